The Morgan fingerprint density at radius 3 is 3.25 bits per heavy atom. The molecule has 0 amide bonds. The lowest BCUT2D eigenvalue weighted by molar-refractivity contribution is 0.120. The van der Waals surface area contributed by atoms with Crippen molar-refractivity contribution in [2.45, 2.75) is 45.1 Å². The average Bonchev–Trinajstić information content (AvgIpc) is 3.30. The van der Waals surface area contributed by atoms with E-state index < -0.39 is 0 Å². The summed E-state index contributed by atoms with van der Waals surface area (Å²) >= 11 is 1.83. The van der Waals surface area contributed by atoms with Crippen molar-refractivity contribution in [1.29, 1.82) is 0 Å². The predicted octanol–water partition coefficient (Wildman–Crippen LogP) is 3.05. The van der Waals surface area contributed by atoms with E-state index in [2.05, 4.69) is 22.3 Å². The van der Waals surface area contributed by atoms with Crippen molar-refractivity contribution >= 4 is 33.1 Å². The molecule has 3 aromatic rings. The fraction of sp³-hybridized carbons (Fsp3) is 0.588. The van der Waals surface area contributed by atoms with Crippen LogP contribution in [0.3, 0.4) is 0 Å². The number of aromatic nitrogens is 4. The smallest absolute Gasteiger partial charge is 0.227 e. The van der Waals surface area contributed by atoms with Crippen molar-refractivity contribution in [3.05, 3.63) is 16.8 Å². The Hall–Kier alpha value is -1.73. The van der Waals surface area contributed by atoms with Crippen LogP contribution in [0.1, 0.15) is 36.6 Å². The summed E-state index contributed by atoms with van der Waals surface area (Å²) in [4.78, 5) is 12.0. The molecule has 1 saturated heterocycles. The highest BCUT2D eigenvalue weighted by atomic mass is 32.1. The minimum Gasteiger partial charge on any atom is -0.376 e. The third kappa shape index (κ3) is 2.29. The van der Waals surface area contributed by atoms with E-state index in [-0.39, 0.29) is 6.10 Å². The van der Waals surface area contributed by atoms with Gasteiger partial charge in [0.25, 0.3) is 0 Å². The number of thiophene rings is 1. The number of hydrogen-bond acceptors (Lipinski definition) is 6. The summed E-state index contributed by atoms with van der Waals surface area (Å²) in [7, 11) is 0. The molecule has 126 valence electrons. The van der Waals surface area contributed by atoms with Gasteiger partial charge in [-0.05, 0) is 43.6 Å². The molecule has 4 heterocycles. The van der Waals surface area contributed by atoms with Gasteiger partial charge in [-0.25, -0.2) is 9.97 Å². The number of anilines is 1. The molecule has 7 heteroatoms. The maximum Gasteiger partial charge on any atom is 0.227 e. The van der Waals surface area contributed by atoms with E-state index in [9.17, 15) is 0 Å². The summed E-state index contributed by atoms with van der Waals surface area (Å²) in [5, 5.41) is 9.04. The van der Waals surface area contributed by atoms with E-state index in [0.717, 1.165) is 61.2 Å². The molecule has 0 aromatic carbocycles. The number of aryl methyl sites for hydroxylation is 1. The highest BCUT2D eigenvalue weighted by molar-refractivity contribution is 7.19. The normalized spacial score (nSPS) is 23.9. The van der Waals surface area contributed by atoms with Crippen LogP contribution < -0.4 is 5.32 Å². The second-order valence-corrected chi connectivity index (χ2v) is 8.06. The molecular formula is C17H21N5OS. The SMILES string of the molecule is CC1CCc2sc3nc(NCC4CCCO4)n4ncnc4c3c2C1. The molecule has 1 aliphatic carbocycles. The van der Waals surface area contributed by atoms with E-state index >= 15 is 0 Å². The number of hydrogen-bond donors (Lipinski definition) is 1. The second kappa shape index (κ2) is 5.67. The molecule has 1 fully saturated rings. The van der Waals surface area contributed by atoms with Crippen LogP contribution in [0.4, 0.5) is 5.95 Å². The lowest BCUT2D eigenvalue weighted by Gasteiger charge is -2.18. The van der Waals surface area contributed by atoms with E-state index in [1.165, 1.54) is 22.2 Å². The lowest BCUT2D eigenvalue weighted by atomic mass is 9.89. The van der Waals surface area contributed by atoms with Crippen molar-refractivity contribution in [3.8, 4) is 0 Å². The highest BCUT2D eigenvalue weighted by Crippen LogP contribution is 2.39. The van der Waals surface area contributed by atoms with Gasteiger partial charge in [-0.15, -0.1) is 11.3 Å². The molecule has 2 aliphatic rings. The molecule has 6 nitrogen and oxygen atoms in total. The third-order valence-electron chi connectivity index (χ3n) is 5.18. The van der Waals surface area contributed by atoms with Crippen LogP contribution in [-0.2, 0) is 17.6 Å². The number of rotatable bonds is 3. The van der Waals surface area contributed by atoms with E-state index in [0.29, 0.717) is 0 Å². The maximum atomic E-state index is 5.70. The molecule has 1 N–H and O–H groups in total. The summed E-state index contributed by atoms with van der Waals surface area (Å²) in [6.45, 7) is 3.97. The topological polar surface area (TPSA) is 64.3 Å². The molecule has 0 radical (unpaired) electrons. The number of ether oxygens (including phenoxy) is 1. The van der Waals surface area contributed by atoms with Gasteiger partial charge in [0.15, 0.2) is 5.65 Å². The van der Waals surface area contributed by atoms with Crippen molar-refractivity contribution in [3.63, 3.8) is 0 Å². The fourth-order valence-corrected chi connectivity index (χ4v) is 5.10. The van der Waals surface area contributed by atoms with Gasteiger partial charge >= 0.3 is 0 Å². The molecule has 0 bridgehead atoms. The van der Waals surface area contributed by atoms with E-state index in [4.69, 9.17) is 9.72 Å². The molecule has 24 heavy (non-hydrogen) atoms. The Kier molecular flexibility index (Phi) is 3.45. The monoisotopic (exact) mass is 343 g/mol. The zero-order valence-corrected chi connectivity index (χ0v) is 14.6. The largest absolute Gasteiger partial charge is 0.376 e. The number of nitrogens with one attached hydrogen (secondary N) is 1. The van der Waals surface area contributed by atoms with Crippen molar-refractivity contribution in [2.24, 2.45) is 5.92 Å². The maximum absolute atomic E-state index is 5.70. The van der Waals surface area contributed by atoms with Gasteiger partial charge in [0.1, 0.15) is 11.2 Å². The zero-order chi connectivity index (χ0) is 16.1. The zero-order valence-electron chi connectivity index (χ0n) is 13.8. The van der Waals surface area contributed by atoms with Crippen LogP contribution in [-0.4, -0.2) is 38.8 Å². The standard InChI is InChI=1S/C17H21N5OS/c1-10-4-5-13-12(7-10)14-15-19-9-20-22(15)17(21-16(14)24-13)18-8-11-3-2-6-23-11/h9-11H,2-8H2,1H3,(H,18,21). The first-order valence-electron chi connectivity index (χ1n) is 8.79. The average molecular weight is 343 g/mol. The number of nitrogens with zero attached hydrogens (tertiary/aromatic N) is 4. The van der Waals surface area contributed by atoms with Gasteiger partial charge in [-0.3, -0.25) is 0 Å². The Balaban J connectivity index is 1.59. The second-order valence-electron chi connectivity index (χ2n) is 6.98. The summed E-state index contributed by atoms with van der Waals surface area (Å²) in [6.07, 6.45) is 7.72. The van der Waals surface area contributed by atoms with Gasteiger partial charge < -0.3 is 10.1 Å². The van der Waals surface area contributed by atoms with Crippen LogP contribution in [0.25, 0.3) is 15.9 Å². The predicted molar refractivity (Wildman–Crippen MR) is 94.8 cm³/mol. The van der Waals surface area contributed by atoms with Gasteiger partial charge in [-0.2, -0.15) is 9.61 Å². The van der Waals surface area contributed by atoms with Crippen LogP contribution in [0, 0.1) is 5.92 Å². The van der Waals surface area contributed by atoms with Crippen molar-refractivity contribution in [1.82, 2.24) is 19.6 Å². The molecule has 2 atom stereocenters. The molecule has 1 aliphatic heterocycles. The van der Waals surface area contributed by atoms with Crippen molar-refractivity contribution < 1.29 is 4.74 Å². The summed E-state index contributed by atoms with van der Waals surface area (Å²) in [5.41, 5.74) is 2.38. The van der Waals surface area contributed by atoms with Crippen LogP contribution in [0.15, 0.2) is 6.33 Å². The van der Waals surface area contributed by atoms with Gasteiger partial charge in [0.05, 0.1) is 11.5 Å². The van der Waals surface area contributed by atoms with Crippen LogP contribution in [0.2, 0.25) is 0 Å². The Labute approximate surface area is 144 Å². The van der Waals surface area contributed by atoms with Gasteiger partial charge in [-0.1, -0.05) is 6.92 Å². The fourth-order valence-electron chi connectivity index (χ4n) is 3.89. The minimum atomic E-state index is 0.276. The molecule has 5 rings (SSSR count). The molecule has 0 spiro atoms. The van der Waals surface area contributed by atoms with Gasteiger partial charge in [0.2, 0.25) is 5.95 Å². The molecule has 2 unspecified atom stereocenters. The molecular weight excluding hydrogens is 322 g/mol. The summed E-state index contributed by atoms with van der Waals surface area (Å²) in [6, 6.07) is 0. The first-order valence-corrected chi connectivity index (χ1v) is 9.60. The van der Waals surface area contributed by atoms with E-state index in [1.54, 1.807) is 6.33 Å². The summed E-state index contributed by atoms with van der Waals surface area (Å²) in [5.74, 6) is 1.51. The Morgan fingerprint density at radius 2 is 2.38 bits per heavy atom. The van der Waals surface area contributed by atoms with E-state index in [1.807, 2.05) is 15.9 Å². The van der Waals surface area contributed by atoms with Crippen LogP contribution >= 0.6 is 11.3 Å². The van der Waals surface area contributed by atoms with Crippen molar-refractivity contribution in [2.75, 3.05) is 18.5 Å². The summed E-state index contributed by atoms with van der Waals surface area (Å²) < 4.78 is 7.55. The number of fused-ring (bicyclic) bond motifs is 5. The molecule has 0 saturated carbocycles. The first-order chi connectivity index (χ1) is 11.8. The molecule has 3 aromatic heterocycles. The quantitative estimate of drug-likeness (QED) is 0.792. The van der Waals surface area contributed by atoms with Crippen LogP contribution in [0.5, 0.6) is 0 Å². The Bertz CT molecular complexity index is 895. The van der Waals surface area contributed by atoms with Gasteiger partial charge in [0, 0.05) is 18.0 Å². The Morgan fingerprint density at radius 1 is 1.42 bits per heavy atom. The lowest BCUT2D eigenvalue weighted by Crippen LogP contribution is -2.20. The third-order valence-corrected chi connectivity index (χ3v) is 6.37. The first kappa shape index (κ1) is 14.6. The highest BCUT2D eigenvalue weighted by Gasteiger charge is 2.25. The minimum absolute atomic E-state index is 0.276.